The molecule has 1 aromatic carbocycles. The molecule has 0 radical (unpaired) electrons. The normalized spacial score (nSPS) is 15.7. The highest BCUT2D eigenvalue weighted by Crippen LogP contribution is 2.38. The van der Waals surface area contributed by atoms with Gasteiger partial charge in [0.2, 0.25) is 15.9 Å². The highest BCUT2D eigenvalue weighted by atomic mass is 32.2. The molecule has 4 rings (SSSR count). The van der Waals surface area contributed by atoms with E-state index in [0.29, 0.717) is 30.1 Å². The van der Waals surface area contributed by atoms with Crippen LogP contribution in [0.2, 0.25) is 0 Å². The van der Waals surface area contributed by atoms with E-state index in [-0.39, 0.29) is 29.0 Å². The second-order valence-electron chi connectivity index (χ2n) is 8.35. The molecule has 2 aliphatic rings. The third kappa shape index (κ3) is 4.73. The maximum Gasteiger partial charge on any atom is 0.341 e. The largest absolute Gasteiger partial charge is 0.462 e. The smallest absolute Gasteiger partial charge is 0.341 e. The first-order chi connectivity index (χ1) is 16.1. The van der Waals surface area contributed by atoms with E-state index in [0.717, 1.165) is 23.3 Å². The van der Waals surface area contributed by atoms with Crippen LogP contribution >= 0.6 is 11.3 Å². The van der Waals surface area contributed by atoms with Gasteiger partial charge in [-0.15, -0.1) is 11.3 Å². The lowest BCUT2D eigenvalue weighted by Crippen LogP contribution is -2.34. The number of nitrogens with zero attached hydrogens (tertiary/aromatic N) is 2. The zero-order valence-corrected chi connectivity index (χ0v) is 20.9. The van der Waals surface area contributed by atoms with Gasteiger partial charge in [0.05, 0.1) is 23.6 Å². The fourth-order valence-electron chi connectivity index (χ4n) is 3.93. The Morgan fingerprint density at radius 1 is 1.21 bits per heavy atom. The van der Waals surface area contributed by atoms with Gasteiger partial charge in [0, 0.05) is 37.0 Å². The first kappa shape index (κ1) is 24.4. The van der Waals surface area contributed by atoms with Crippen LogP contribution in [0.4, 0.5) is 5.00 Å². The minimum atomic E-state index is -3.61. The van der Waals surface area contributed by atoms with E-state index in [2.05, 4.69) is 5.32 Å². The number of esters is 1. The maximum absolute atomic E-state index is 13.0. The number of nitrogens with one attached hydrogen (secondary N) is 1. The SMILES string of the molecule is CCOC(=O)c1c(NC(=O)c2ccc(S(=O)(=O)N(C)C3CC3)cc2)sc2c1CCN(C(C)=O)C2. The molecule has 0 unspecified atom stereocenters. The molecule has 9 nitrogen and oxygen atoms in total. The number of benzene rings is 1. The Labute approximate surface area is 202 Å². The summed E-state index contributed by atoms with van der Waals surface area (Å²) in [5.41, 5.74) is 1.38. The van der Waals surface area contributed by atoms with E-state index in [9.17, 15) is 22.8 Å². The van der Waals surface area contributed by atoms with Crippen molar-refractivity contribution in [2.75, 3.05) is 25.5 Å². The molecule has 2 amide bonds. The number of rotatable bonds is 7. The number of ether oxygens (including phenoxy) is 1. The van der Waals surface area contributed by atoms with E-state index in [1.807, 2.05) is 0 Å². The summed E-state index contributed by atoms with van der Waals surface area (Å²) in [7, 11) is -2.04. The number of sulfonamides is 1. The van der Waals surface area contributed by atoms with Crippen molar-refractivity contribution in [3.8, 4) is 0 Å². The van der Waals surface area contributed by atoms with Gasteiger partial charge in [-0.05, 0) is 56.0 Å². The number of anilines is 1. The molecule has 0 spiro atoms. The minimum absolute atomic E-state index is 0.0399. The van der Waals surface area contributed by atoms with Crippen LogP contribution in [0.15, 0.2) is 29.2 Å². The molecule has 34 heavy (non-hydrogen) atoms. The van der Waals surface area contributed by atoms with Crippen molar-refractivity contribution in [1.29, 1.82) is 0 Å². The first-order valence-corrected chi connectivity index (χ1v) is 13.4. The fourth-order valence-corrected chi connectivity index (χ4v) is 6.60. The zero-order chi connectivity index (χ0) is 24.6. The lowest BCUT2D eigenvalue weighted by atomic mass is 10.0. The highest BCUT2D eigenvalue weighted by molar-refractivity contribution is 7.89. The second kappa shape index (κ2) is 9.47. The van der Waals surface area contributed by atoms with Gasteiger partial charge < -0.3 is 15.0 Å². The monoisotopic (exact) mass is 505 g/mol. The van der Waals surface area contributed by atoms with Crippen LogP contribution in [-0.2, 0) is 32.5 Å². The van der Waals surface area contributed by atoms with E-state index in [4.69, 9.17) is 4.74 Å². The number of carbonyl (C=O) groups excluding carboxylic acids is 3. The van der Waals surface area contributed by atoms with Gasteiger partial charge in [0.15, 0.2) is 0 Å². The molecule has 2 heterocycles. The quantitative estimate of drug-likeness (QED) is 0.579. The standard InChI is InChI=1S/C23H27N3O6S2/c1-4-32-23(29)20-18-11-12-26(14(2)27)13-19(18)33-22(20)24-21(28)15-5-9-17(10-6-15)34(30,31)25(3)16-7-8-16/h5-6,9-10,16H,4,7-8,11-13H2,1-3H3,(H,24,28). The van der Waals surface area contributed by atoms with Gasteiger partial charge >= 0.3 is 5.97 Å². The average Bonchev–Trinajstić information content (AvgIpc) is 3.59. The van der Waals surface area contributed by atoms with E-state index < -0.39 is 21.9 Å². The Morgan fingerprint density at radius 2 is 1.88 bits per heavy atom. The molecule has 1 aliphatic heterocycles. The van der Waals surface area contributed by atoms with Crippen molar-refractivity contribution in [3.63, 3.8) is 0 Å². The topological polar surface area (TPSA) is 113 Å². The average molecular weight is 506 g/mol. The molecular formula is C23H27N3O6S2. The van der Waals surface area contributed by atoms with Crippen LogP contribution in [0.5, 0.6) is 0 Å². The lowest BCUT2D eigenvalue weighted by molar-refractivity contribution is -0.129. The van der Waals surface area contributed by atoms with Gasteiger partial charge in [-0.1, -0.05) is 0 Å². The fraction of sp³-hybridized carbons (Fsp3) is 0.435. The molecule has 182 valence electrons. The second-order valence-corrected chi connectivity index (χ2v) is 11.5. The Balaban J connectivity index is 1.58. The van der Waals surface area contributed by atoms with Crippen LogP contribution in [0.3, 0.4) is 0 Å². The number of amides is 2. The summed E-state index contributed by atoms with van der Waals surface area (Å²) in [6.45, 7) is 4.27. The van der Waals surface area contributed by atoms with Crippen LogP contribution in [0.1, 0.15) is 57.8 Å². The van der Waals surface area contributed by atoms with Gasteiger partial charge in [0.25, 0.3) is 5.91 Å². The molecule has 1 N–H and O–H groups in total. The number of hydrogen-bond acceptors (Lipinski definition) is 7. The third-order valence-corrected chi connectivity index (χ3v) is 9.12. The molecule has 1 aliphatic carbocycles. The van der Waals surface area contributed by atoms with Crippen molar-refractivity contribution in [3.05, 3.63) is 45.8 Å². The molecule has 2 aromatic rings. The van der Waals surface area contributed by atoms with Gasteiger partial charge in [-0.3, -0.25) is 9.59 Å². The van der Waals surface area contributed by atoms with Crippen LogP contribution < -0.4 is 5.32 Å². The Morgan fingerprint density at radius 3 is 2.47 bits per heavy atom. The van der Waals surface area contributed by atoms with Crippen molar-refractivity contribution in [2.24, 2.45) is 0 Å². The molecule has 0 saturated heterocycles. The maximum atomic E-state index is 13.0. The number of fused-ring (bicyclic) bond motifs is 1. The Hall–Kier alpha value is -2.76. The summed E-state index contributed by atoms with van der Waals surface area (Å²) in [6, 6.07) is 5.79. The summed E-state index contributed by atoms with van der Waals surface area (Å²) >= 11 is 1.25. The summed E-state index contributed by atoms with van der Waals surface area (Å²) in [4.78, 5) is 40.1. The zero-order valence-electron chi connectivity index (χ0n) is 19.3. The number of thiophene rings is 1. The van der Waals surface area contributed by atoms with Crippen molar-refractivity contribution >= 4 is 44.1 Å². The predicted octanol–water partition coefficient (Wildman–Crippen LogP) is 2.86. The number of carbonyl (C=O) groups is 3. The molecule has 1 fully saturated rings. The third-order valence-electron chi connectivity index (χ3n) is 6.06. The van der Waals surface area contributed by atoms with Gasteiger partial charge in [-0.25, -0.2) is 13.2 Å². The molecule has 1 aromatic heterocycles. The van der Waals surface area contributed by atoms with Crippen molar-refractivity contribution in [2.45, 2.75) is 50.6 Å². The molecular weight excluding hydrogens is 478 g/mol. The lowest BCUT2D eigenvalue weighted by Gasteiger charge is -2.25. The first-order valence-electron chi connectivity index (χ1n) is 11.1. The molecule has 0 atom stereocenters. The van der Waals surface area contributed by atoms with Crippen LogP contribution in [0.25, 0.3) is 0 Å². The summed E-state index contributed by atoms with van der Waals surface area (Å²) in [5.74, 6) is -1.03. The van der Waals surface area contributed by atoms with Crippen molar-refractivity contribution < 1.29 is 27.5 Å². The molecule has 1 saturated carbocycles. The van der Waals surface area contributed by atoms with E-state index in [1.54, 1.807) is 18.9 Å². The summed E-state index contributed by atoms with van der Waals surface area (Å²) < 4.78 is 32.0. The Bertz CT molecular complexity index is 1230. The van der Waals surface area contributed by atoms with Gasteiger partial charge in [-0.2, -0.15) is 4.31 Å². The summed E-state index contributed by atoms with van der Waals surface area (Å²) in [5, 5.41) is 3.16. The van der Waals surface area contributed by atoms with E-state index in [1.165, 1.54) is 46.8 Å². The van der Waals surface area contributed by atoms with Gasteiger partial charge in [0.1, 0.15) is 5.00 Å². The van der Waals surface area contributed by atoms with Crippen LogP contribution in [0, 0.1) is 0 Å². The van der Waals surface area contributed by atoms with Crippen LogP contribution in [-0.4, -0.2) is 61.6 Å². The van der Waals surface area contributed by atoms with E-state index >= 15 is 0 Å². The molecule has 11 heteroatoms. The highest BCUT2D eigenvalue weighted by Gasteiger charge is 2.35. The predicted molar refractivity (Wildman–Crippen MR) is 127 cm³/mol. The molecule has 0 bridgehead atoms. The minimum Gasteiger partial charge on any atom is -0.462 e. The summed E-state index contributed by atoms with van der Waals surface area (Å²) in [6.07, 6.45) is 2.21. The Kier molecular flexibility index (Phi) is 6.79. The number of hydrogen-bond donors (Lipinski definition) is 1. The van der Waals surface area contributed by atoms with Crippen molar-refractivity contribution in [1.82, 2.24) is 9.21 Å².